The summed E-state index contributed by atoms with van der Waals surface area (Å²) in [5, 5.41) is 3.94. The lowest BCUT2D eigenvalue weighted by Crippen LogP contribution is -2.47. The lowest BCUT2D eigenvalue weighted by Gasteiger charge is -2.33. The molecule has 3 rings (SSSR count). The molecule has 0 unspecified atom stereocenters. The summed E-state index contributed by atoms with van der Waals surface area (Å²) in [4.78, 5) is 15.6. The first-order valence-corrected chi connectivity index (χ1v) is 7.21. The number of aromatic nitrogens is 1. The largest absolute Gasteiger partial charge is 0.356 e. The minimum atomic E-state index is 0.157. The van der Waals surface area contributed by atoms with E-state index in [4.69, 9.17) is 4.52 Å². The molecule has 110 valence electrons. The summed E-state index contributed by atoms with van der Waals surface area (Å²) >= 11 is 0. The van der Waals surface area contributed by atoms with Gasteiger partial charge in [-0.05, 0) is 0 Å². The summed E-state index contributed by atoms with van der Waals surface area (Å²) in [5.74, 6) is 0.995. The van der Waals surface area contributed by atoms with Crippen molar-refractivity contribution in [2.45, 2.75) is 13.5 Å². The van der Waals surface area contributed by atoms with Gasteiger partial charge in [0.05, 0.1) is 6.20 Å². The monoisotopic (exact) mass is 285 g/mol. The standard InChI is InChI=1S/C16H19N3O2/c1-13(20)19-9-7-18(8-10-19)12-15-11-17-21-16(15)14-5-3-2-4-6-14/h2-6,11H,7-10,12H2,1H3. The summed E-state index contributed by atoms with van der Waals surface area (Å²) in [6.07, 6.45) is 1.79. The Labute approximate surface area is 124 Å². The van der Waals surface area contributed by atoms with Crippen LogP contribution in [0.15, 0.2) is 41.1 Å². The van der Waals surface area contributed by atoms with Gasteiger partial charge in [-0.15, -0.1) is 0 Å². The van der Waals surface area contributed by atoms with E-state index in [1.807, 2.05) is 35.2 Å². The van der Waals surface area contributed by atoms with Crippen LogP contribution in [0.25, 0.3) is 11.3 Å². The normalized spacial score (nSPS) is 16.1. The van der Waals surface area contributed by atoms with Crippen molar-refractivity contribution < 1.29 is 9.32 Å². The Bertz CT molecular complexity index is 601. The first-order valence-electron chi connectivity index (χ1n) is 7.21. The van der Waals surface area contributed by atoms with Gasteiger partial charge in [0.25, 0.3) is 0 Å². The Morgan fingerprint density at radius 3 is 2.57 bits per heavy atom. The fraction of sp³-hybridized carbons (Fsp3) is 0.375. The SMILES string of the molecule is CC(=O)N1CCN(Cc2cnoc2-c2ccccc2)CC1. The van der Waals surface area contributed by atoms with E-state index >= 15 is 0 Å². The van der Waals surface area contributed by atoms with Crippen LogP contribution < -0.4 is 0 Å². The maximum atomic E-state index is 11.3. The number of nitrogens with zero attached hydrogens (tertiary/aromatic N) is 3. The van der Waals surface area contributed by atoms with Gasteiger partial charge in [-0.1, -0.05) is 35.5 Å². The van der Waals surface area contributed by atoms with Gasteiger partial charge in [0, 0.05) is 50.8 Å². The summed E-state index contributed by atoms with van der Waals surface area (Å²) in [5.41, 5.74) is 2.14. The minimum Gasteiger partial charge on any atom is -0.356 e. The number of rotatable bonds is 3. The molecular weight excluding hydrogens is 266 g/mol. The molecule has 2 aromatic rings. The van der Waals surface area contributed by atoms with Gasteiger partial charge in [0.1, 0.15) is 0 Å². The van der Waals surface area contributed by atoms with Crippen LogP contribution in [0.1, 0.15) is 12.5 Å². The van der Waals surface area contributed by atoms with Crippen molar-refractivity contribution >= 4 is 5.91 Å². The predicted octanol–water partition coefficient (Wildman–Crippen LogP) is 2.01. The van der Waals surface area contributed by atoms with Crippen LogP contribution >= 0.6 is 0 Å². The number of piperazine rings is 1. The fourth-order valence-electron chi connectivity index (χ4n) is 2.66. The third kappa shape index (κ3) is 3.13. The third-order valence-corrected chi connectivity index (χ3v) is 3.89. The molecule has 0 N–H and O–H groups in total. The molecule has 1 fully saturated rings. The van der Waals surface area contributed by atoms with E-state index in [2.05, 4.69) is 10.1 Å². The smallest absolute Gasteiger partial charge is 0.219 e. The molecule has 0 saturated carbocycles. The first-order chi connectivity index (χ1) is 10.2. The molecule has 1 saturated heterocycles. The summed E-state index contributed by atoms with van der Waals surface area (Å²) in [7, 11) is 0. The molecule has 21 heavy (non-hydrogen) atoms. The molecule has 1 aliphatic heterocycles. The van der Waals surface area contributed by atoms with Crippen molar-refractivity contribution in [2.75, 3.05) is 26.2 Å². The van der Waals surface area contributed by atoms with Crippen LogP contribution in [0, 0.1) is 0 Å². The van der Waals surface area contributed by atoms with E-state index in [1.165, 1.54) is 0 Å². The molecule has 1 amide bonds. The zero-order chi connectivity index (χ0) is 14.7. The molecule has 0 aliphatic carbocycles. The maximum Gasteiger partial charge on any atom is 0.219 e. The van der Waals surface area contributed by atoms with E-state index < -0.39 is 0 Å². The van der Waals surface area contributed by atoms with Gasteiger partial charge in [-0.25, -0.2) is 0 Å². The van der Waals surface area contributed by atoms with E-state index in [-0.39, 0.29) is 5.91 Å². The van der Waals surface area contributed by atoms with Gasteiger partial charge >= 0.3 is 0 Å². The highest BCUT2D eigenvalue weighted by molar-refractivity contribution is 5.73. The number of hydrogen-bond acceptors (Lipinski definition) is 4. The third-order valence-electron chi connectivity index (χ3n) is 3.89. The highest BCUT2D eigenvalue weighted by Gasteiger charge is 2.20. The Kier molecular flexibility index (Phi) is 4.01. The summed E-state index contributed by atoms with van der Waals surface area (Å²) in [6, 6.07) is 10.0. The van der Waals surface area contributed by atoms with Gasteiger partial charge < -0.3 is 9.42 Å². The second-order valence-electron chi connectivity index (χ2n) is 5.33. The Morgan fingerprint density at radius 1 is 1.19 bits per heavy atom. The van der Waals surface area contributed by atoms with Gasteiger partial charge in [0.2, 0.25) is 5.91 Å². The molecule has 5 nitrogen and oxygen atoms in total. The van der Waals surface area contributed by atoms with Crippen LogP contribution in [0.3, 0.4) is 0 Å². The predicted molar refractivity (Wildman–Crippen MR) is 79.5 cm³/mol. The van der Waals surface area contributed by atoms with E-state index in [9.17, 15) is 4.79 Å². The average molecular weight is 285 g/mol. The molecule has 0 bridgehead atoms. The van der Waals surface area contributed by atoms with Crippen molar-refractivity contribution in [1.29, 1.82) is 0 Å². The van der Waals surface area contributed by atoms with Crippen LogP contribution in [-0.4, -0.2) is 47.0 Å². The Balaban J connectivity index is 1.67. The molecule has 0 spiro atoms. The van der Waals surface area contributed by atoms with Gasteiger partial charge in [0.15, 0.2) is 5.76 Å². The molecule has 0 atom stereocenters. The molecule has 5 heteroatoms. The van der Waals surface area contributed by atoms with Crippen molar-refractivity contribution in [3.63, 3.8) is 0 Å². The van der Waals surface area contributed by atoms with Crippen LogP contribution in [0.2, 0.25) is 0 Å². The first kappa shape index (κ1) is 13.8. The number of carbonyl (C=O) groups is 1. The van der Waals surface area contributed by atoms with Gasteiger partial charge in [-0.3, -0.25) is 9.69 Å². The van der Waals surface area contributed by atoms with Crippen molar-refractivity contribution in [3.05, 3.63) is 42.1 Å². The van der Waals surface area contributed by atoms with Crippen molar-refractivity contribution in [2.24, 2.45) is 0 Å². The molecule has 0 radical (unpaired) electrons. The zero-order valence-electron chi connectivity index (χ0n) is 12.2. The number of benzene rings is 1. The Hall–Kier alpha value is -2.14. The molecule has 1 aliphatic rings. The molecule has 1 aromatic heterocycles. The van der Waals surface area contributed by atoms with E-state index in [0.717, 1.165) is 49.6 Å². The average Bonchev–Trinajstić information content (AvgIpc) is 2.97. The van der Waals surface area contributed by atoms with Crippen LogP contribution in [0.5, 0.6) is 0 Å². The molecule has 1 aromatic carbocycles. The summed E-state index contributed by atoms with van der Waals surface area (Å²) < 4.78 is 5.41. The van der Waals surface area contributed by atoms with Crippen molar-refractivity contribution in [3.8, 4) is 11.3 Å². The quantitative estimate of drug-likeness (QED) is 0.865. The lowest BCUT2D eigenvalue weighted by molar-refractivity contribution is -0.130. The Morgan fingerprint density at radius 2 is 1.90 bits per heavy atom. The van der Waals surface area contributed by atoms with Gasteiger partial charge in [-0.2, -0.15) is 0 Å². The summed E-state index contributed by atoms with van der Waals surface area (Å²) in [6.45, 7) is 5.79. The topological polar surface area (TPSA) is 49.6 Å². The van der Waals surface area contributed by atoms with E-state index in [0.29, 0.717) is 0 Å². The number of carbonyl (C=O) groups excluding carboxylic acids is 1. The second-order valence-corrected chi connectivity index (χ2v) is 5.33. The molecule has 2 heterocycles. The number of hydrogen-bond donors (Lipinski definition) is 0. The van der Waals surface area contributed by atoms with Crippen molar-refractivity contribution in [1.82, 2.24) is 15.0 Å². The van der Waals surface area contributed by atoms with Crippen LogP contribution in [-0.2, 0) is 11.3 Å². The second kappa shape index (κ2) is 6.10. The fourth-order valence-corrected chi connectivity index (χ4v) is 2.66. The number of amides is 1. The zero-order valence-corrected chi connectivity index (χ0v) is 12.2. The van der Waals surface area contributed by atoms with E-state index in [1.54, 1.807) is 13.1 Å². The maximum absolute atomic E-state index is 11.3. The highest BCUT2D eigenvalue weighted by Crippen LogP contribution is 2.24. The van der Waals surface area contributed by atoms with Crippen LogP contribution in [0.4, 0.5) is 0 Å². The highest BCUT2D eigenvalue weighted by atomic mass is 16.5. The molecular formula is C16H19N3O2. The minimum absolute atomic E-state index is 0.157. The lowest BCUT2D eigenvalue weighted by atomic mass is 10.1.